The van der Waals surface area contributed by atoms with Crippen molar-refractivity contribution in [3.8, 4) is 6.07 Å². The molecule has 1 aromatic carbocycles. The Morgan fingerprint density at radius 1 is 1.32 bits per heavy atom. The Kier molecular flexibility index (Phi) is 4.25. The Morgan fingerprint density at radius 2 is 2.09 bits per heavy atom. The van der Waals surface area contributed by atoms with Crippen molar-refractivity contribution in [2.45, 2.75) is 31.8 Å². The zero-order chi connectivity index (χ0) is 15.5. The monoisotopic (exact) mass is 301 g/mol. The van der Waals surface area contributed by atoms with E-state index < -0.39 is 4.92 Å². The highest BCUT2D eigenvalue weighted by Crippen LogP contribution is 2.34. The zero-order valence-electron chi connectivity index (χ0n) is 12.4. The van der Waals surface area contributed by atoms with Gasteiger partial charge in [0.05, 0.1) is 22.7 Å². The van der Waals surface area contributed by atoms with Gasteiger partial charge < -0.3 is 9.64 Å². The summed E-state index contributed by atoms with van der Waals surface area (Å²) < 4.78 is 5.76. The first kappa shape index (κ1) is 14.8. The van der Waals surface area contributed by atoms with E-state index in [1.807, 2.05) is 6.07 Å². The second-order valence-electron chi connectivity index (χ2n) is 5.95. The van der Waals surface area contributed by atoms with Crippen LogP contribution in [0, 0.1) is 27.4 Å². The summed E-state index contributed by atoms with van der Waals surface area (Å²) in [5.41, 5.74) is 0.967. The predicted octanol–water partition coefficient (Wildman–Crippen LogP) is 2.86. The minimum absolute atomic E-state index is 0.0228. The van der Waals surface area contributed by atoms with Crippen LogP contribution in [0.4, 0.5) is 11.4 Å². The second-order valence-corrected chi connectivity index (χ2v) is 5.95. The van der Waals surface area contributed by atoms with Crippen molar-refractivity contribution in [3.63, 3.8) is 0 Å². The van der Waals surface area contributed by atoms with Crippen LogP contribution >= 0.6 is 0 Å². The maximum Gasteiger partial charge on any atom is 0.293 e. The number of nitro benzene ring substituents is 1. The van der Waals surface area contributed by atoms with Gasteiger partial charge in [-0.05, 0) is 43.7 Å². The third kappa shape index (κ3) is 2.90. The van der Waals surface area contributed by atoms with Gasteiger partial charge in [-0.3, -0.25) is 10.1 Å². The summed E-state index contributed by atoms with van der Waals surface area (Å²) in [6, 6.07) is 6.66. The Labute approximate surface area is 129 Å². The molecule has 0 bridgehead atoms. The van der Waals surface area contributed by atoms with Crippen LogP contribution in [0.2, 0.25) is 0 Å². The van der Waals surface area contributed by atoms with Crippen LogP contribution in [0.5, 0.6) is 0 Å². The van der Waals surface area contributed by atoms with Crippen molar-refractivity contribution in [2.75, 3.05) is 24.6 Å². The minimum atomic E-state index is -0.400. The maximum atomic E-state index is 11.3. The van der Waals surface area contributed by atoms with Crippen LogP contribution in [-0.2, 0) is 4.74 Å². The normalized spacial score (nSPS) is 22.5. The van der Waals surface area contributed by atoms with Crippen LogP contribution < -0.4 is 4.90 Å². The highest BCUT2D eigenvalue weighted by Gasteiger charge is 2.31. The number of hydrogen-bond acceptors (Lipinski definition) is 5. The molecule has 22 heavy (non-hydrogen) atoms. The third-order valence-corrected chi connectivity index (χ3v) is 4.67. The second kappa shape index (κ2) is 6.32. The highest BCUT2D eigenvalue weighted by molar-refractivity contribution is 5.65. The quantitative estimate of drug-likeness (QED) is 0.633. The fourth-order valence-corrected chi connectivity index (χ4v) is 3.49. The van der Waals surface area contributed by atoms with E-state index in [9.17, 15) is 10.1 Å². The molecule has 0 amide bonds. The average molecular weight is 301 g/mol. The van der Waals surface area contributed by atoms with E-state index in [2.05, 4.69) is 4.90 Å². The van der Waals surface area contributed by atoms with Gasteiger partial charge >= 0.3 is 0 Å². The molecule has 6 heteroatoms. The van der Waals surface area contributed by atoms with E-state index in [1.54, 1.807) is 12.1 Å². The summed E-state index contributed by atoms with van der Waals surface area (Å²) in [5.74, 6) is 0.566. The average Bonchev–Trinajstić information content (AvgIpc) is 3.09. The van der Waals surface area contributed by atoms with Crippen molar-refractivity contribution < 1.29 is 9.66 Å². The van der Waals surface area contributed by atoms with E-state index in [1.165, 1.54) is 6.07 Å². The molecule has 2 fully saturated rings. The standard InChI is InChI=1S/C16H19N3O3/c17-11-12-3-4-14(15(10-12)19(20)21)18-7-5-13(6-8-18)16-2-1-9-22-16/h3-4,10,13,16H,1-2,5-9H2. The summed E-state index contributed by atoms with van der Waals surface area (Å²) in [5, 5.41) is 20.2. The van der Waals surface area contributed by atoms with Crippen LogP contribution in [0.25, 0.3) is 0 Å². The number of hydrogen-bond donors (Lipinski definition) is 0. The number of piperidine rings is 1. The molecule has 6 nitrogen and oxygen atoms in total. The molecule has 0 aliphatic carbocycles. The van der Waals surface area contributed by atoms with Gasteiger partial charge in [0.25, 0.3) is 5.69 Å². The molecular weight excluding hydrogens is 282 g/mol. The molecule has 1 unspecified atom stereocenters. The van der Waals surface area contributed by atoms with Gasteiger partial charge in [0.15, 0.2) is 0 Å². The number of nitriles is 1. The molecule has 0 aromatic heterocycles. The van der Waals surface area contributed by atoms with Crippen LogP contribution in [0.3, 0.4) is 0 Å². The number of benzene rings is 1. The molecule has 0 saturated carbocycles. The lowest BCUT2D eigenvalue weighted by atomic mass is 9.89. The molecule has 0 spiro atoms. The van der Waals surface area contributed by atoms with Gasteiger partial charge in [0, 0.05) is 25.8 Å². The highest BCUT2D eigenvalue weighted by atomic mass is 16.6. The summed E-state index contributed by atoms with van der Waals surface area (Å²) in [4.78, 5) is 12.9. The molecule has 2 aliphatic rings. The number of anilines is 1. The van der Waals surface area contributed by atoms with Gasteiger partial charge in [0.1, 0.15) is 5.69 Å². The van der Waals surface area contributed by atoms with Crippen LogP contribution in [0.15, 0.2) is 18.2 Å². The first-order valence-corrected chi connectivity index (χ1v) is 7.74. The molecule has 1 atom stereocenters. The third-order valence-electron chi connectivity index (χ3n) is 4.67. The fraction of sp³-hybridized carbons (Fsp3) is 0.562. The number of nitrogens with zero attached hydrogens (tertiary/aromatic N) is 3. The van der Waals surface area contributed by atoms with E-state index in [-0.39, 0.29) is 5.69 Å². The molecular formula is C16H19N3O3. The minimum Gasteiger partial charge on any atom is -0.378 e. The summed E-state index contributed by atoms with van der Waals surface area (Å²) in [6.45, 7) is 2.47. The van der Waals surface area contributed by atoms with Crippen molar-refractivity contribution >= 4 is 11.4 Å². The Balaban J connectivity index is 1.73. The lowest BCUT2D eigenvalue weighted by molar-refractivity contribution is -0.384. The number of rotatable bonds is 3. The molecule has 116 valence electrons. The van der Waals surface area contributed by atoms with Gasteiger partial charge in [-0.1, -0.05) is 0 Å². The van der Waals surface area contributed by atoms with Crippen LogP contribution in [-0.4, -0.2) is 30.7 Å². The first-order chi connectivity index (χ1) is 10.7. The van der Waals surface area contributed by atoms with E-state index in [0.29, 0.717) is 23.3 Å². The smallest absolute Gasteiger partial charge is 0.293 e. The van der Waals surface area contributed by atoms with Gasteiger partial charge in [0.2, 0.25) is 0 Å². The van der Waals surface area contributed by atoms with E-state index >= 15 is 0 Å². The lowest BCUT2D eigenvalue weighted by Gasteiger charge is -2.35. The predicted molar refractivity (Wildman–Crippen MR) is 81.7 cm³/mol. The van der Waals surface area contributed by atoms with E-state index in [4.69, 9.17) is 10.00 Å². The Morgan fingerprint density at radius 3 is 2.68 bits per heavy atom. The molecule has 2 aliphatic heterocycles. The van der Waals surface area contributed by atoms with Crippen LogP contribution in [0.1, 0.15) is 31.2 Å². The molecule has 2 heterocycles. The summed E-state index contributed by atoms with van der Waals surface area (Å²) >= 11 is 0. The van der Waals surface area contributed by atoms with Gasteiger partial charge in [-0.25, -0.2) is 0 Å². The zero-order valence-corrected chi connectivity index (χ0v) is 12.4. The van der Waals surface area contributed by atoms with Crippen molar-refractivity contribution in [1.29, 1.82) is 5.26 Å². The number of ether oxygens (including phenoxy) is 1. The number of nitro groups is 1. The molecule has 1 aromatic rings. The van der Waals surface area contributed by atoms with Crippen molar-refractivity contribution in [3.05, 3.63) is 33.9 Å². The van der Waals surface area contributed by atoms with Crippen molar-refractivity contribution in [2.24, 2.45) is 5.92 Å². The largest absolute Gasteiger partial charge is 0.378 e. The fourth-order valence-electron chi connectivity index (χ4n) is 3.49. The van der Waals surface area contributed by atoms with Gasteiger partial charge in [-0.2, -0.15) is 5.26 Å². The summed E-state index contributed by atoms with van der Waals surface area (Å²) in [6.07, 6.45) is 4.66. The SMILES string of the molecule is N#Cc1ccc(N2CCC(C3CCCO3)CC2)c([N+](=O)[O-])c1. The molecule has 3 rings (SSSR count). The van der Waals surface area contributed by atoms with Crippen molar-refractivity contribution in [1.82, 2.24) is 0 Å². The summed E-state index contributed by atoms with van der Waals surface area (Å²) in [7, 11) is 0. The first-order valence-electron chi connectivity index (χ1n) is 7.74. The van der Waals surface area contributed by atoms with E-state index in [0.717, 1.165) is 45.4 Å². The molecule has 0 N–H and O–H groups in total. The molecule has 2 saturated heterocycles. The maximum absolute atomic E-state index is 11.3. The topological polar surface area (TPSA) is 79.4 Å². The molecule has 0 radical (unpaired) electrons. The Hall–Kier alpha value is -2.13. The lowest BCUT2D eigenvalue weighted by Crippen LogP contribution is -2.38. The van der Waals surface area contributed by atoms with Gasteiger partial charge in [-0.15, -0.1) is 0 Å². The Bertz CT molecular complexity index is 597.